The molecule has 0 radical (unpaired) electrons. The van der Waals surface area contributed by atoms with Crippen molar-refractivity contribution in [1.29, 1.82) is 0 Å². The molecule has 0 aromatic heterocycles. The van der Waals surface area contributed by atoms with Gasteiger partial charge in [0.25, 0.3) is 0 Å². The van der Waals surface area contributed by atoms with E-state index in [9.17, 15) is 14.4 Å². The average molecular weight is 424 g/mol. The minimum absolute atomic E-state index is 0.355. The van der Waals surface area contributed by atoms with E-state index in [-0.39, 0.29) is 0 Å². The molecule has 1 aromatic carbocycles. The summed E-state index contributed by atoms with van der Waals surface area (Å²) in [7, 11) is 0. The van der Waals surface area contributed by atoms with E-state index in [1.165, 1.54) is 0 Å². The maximum atomic E-state index is 12.5. The fraction of sp³-hybridized carbons (Fsp3) is 0.471. The summed E-state index contributed by atoms with van der Waals surface area (Å²) in [5.74, 6) is -1.28. The van der Waals surface area contributed by atoms with Crippen LogP contribution >= 0.6 is 0 Å². The second-order valence-corrected chi connectivity index (χ2v) is 19.3. The van der Waals surface area contributed by atoms with Crippen molar-refractivity contribution >= 4 is 36.6 Å². The van der Waals surface area contributed by atoms with Crippen LogP contribution in [0.1, 0.15) is 48.4 Å². The molecule has 1 aliphatic rings. The third-order valence-electron chi connectivity index (χ3n) is 4.80. The number of rotatable bonds is 6. The van der Waals surface area contributed by atoms with Gasteiger partial charge >= 0.3 is 141 Å². The van der Waals surface area contributed by atoms with Crippen LogP contribution < -0.4 is 0 Å². The zero-order valence-electron chi connectivity index (χ0n) is 14.1. The van der Waals surface area contributed by atoms with Crippen LogP contribution in [0.25, 0.3) is 0 Å². The summed E-state index contributed by atoms with van der Waals surface area (Å²) in [5.41, 5.74) is 0.710. The van der Waals surface area contributed by atoms with Crippen molar-refractivity contribution in [2.24, 2.45) is 0 Å². The van der Waals surface area contributed by atoms with E-state index in [0.717, 1.165) is 18.2 Å². The van der Waals surface area contributed by atoms with Gasteiger partial charge in [-0.2, -0.15) is 0 Å². The second kappa shape index (κ2) is 7.03. The summed E-state index contributed by atoms with van der Waals surface area (Å²) in [6.07, 6.45) is 0. The fourth-order valence-corrected chi connectivity index (χ4v) is 10.2. The first kappa shape index (κ1) is 18.0. The van der Waals surface area contributed by atoms with Gasteiger partial charge in [0, 0.05) is 0 Å². The molecule has 0 spiro atoms. The molecular weight excluding hydrogens is 401 g/mol. The number of hydrogen-bond donors (Lipinski definition) is 0. The van der Waals surface area contributed by atoms with E-state index in [0.29, 0.717) is 11.1 Å². The standard InChI is InChI=1S/C11H9NO4.3C2H5.Sn/c1-6(11(15)16)12-9(13)7-4-2-3-5-8(7)10(12)14;3*1-2;/h2-6H,1H3,(H,15,16);3*1H2,2H3;/q;;;;+1/p-1. The van der Waals surface area contributed by atoms with Crippen LogP contribution in [-0.2, 0) is 7.87 Å². The molecule has 1 aromatic rings. The van der Waals surface area contributed by atoms with Gasteiger partial charge in [0.15, 0.2) is 0 Å². The minimum atomic E-state index is -2.93. The molecule has 0 aliphatic carbocycles. The molecule has 124 valence electrons. The third kappa shape index (κ3) is 3.16. The summed E-state index contributed by atoms with van der Waals surface area (Å²) in [4.78, 5) is 38.5. The quantitative estimate of drug-likeness (QED) is 0.520. The van der Waals surface area contributed by atoms with Crippen LogP contribution in [0, 0.1) is 0 Å². The Morgan fingerprint density at radius 3 is 1.87 bits per heavy atom. The van der Waals surface area contributed by atoms with Gasteiger partial charge in [-0.25, -0.2) is 0 Å². The summed E-state index contributed by atoms with van der Waals surface area (Å²) < 4.78 is 8.60. The topological polar surface area (TPSA) is 63.7 Å². The van der Waals surface area contributed by atoms with Gasteiger partial charge in [-0.05, 0) is 0 Å². The average Bonchev–Trinajstić information content (AvgIpc) is 2.83. The number of imide groups is 1. The predicted molar refractivity (Wildman–Crippen MR) is 89.7 cm³/mol. The molecule has 0 saturated carbocycles. The summed E-state index contributed by atoms with van der Waals surface area (Å²) in [6.45, 7) is 7.75. The van der Waals surface area contributed by atoms with E-state index in [2.05, 4.69) is 20.8 Å². The summed E-state index contributed by atoms with van der Waals surface area (Å²) >= 11 is -2.93. The zero-order valence-corrected chi connectivity index (χ0v) is 16.9. The van der Waals surface area contributed by atoms with Crippen molar-refractivity contribution < 1.29 is 17.5 Å². The Balaban J connectivity index is 2.22. The molecule has 2 rings (SSSR count). The number of hydrogen-bond acceptors (Lipinski definition) is 4. The van der Waals surface area contributed by atoms with E-state index < -0.39 is 42.6 Å². The van der Waals surface area contributed by atoms with Crippen molar-refractivity contribution in [3.05, 3.63) is 35.4 Å². The van der Waals surface area contributed by atoms with Gasteiger partial charge in [-0.1, -0.05) is 0 Å². The van der Waals surface area contributed by atoms with Gasteiger partial charge < -0.3 is 0 Å². The Morgan fingerprint density at radius 2 is 1.48 bits per heavy atom. The molecule has 0 fully saturated rings. The molecule has 0 N–H and O–H groups in total. The van der Waals surface area contributed by atoms with E-state index in [4.69, 9.17) is 3.07 Å². The number of amides is 2. The number of fused-ring (bicyclic) bond motifs is 1. The Hall–Kier alpha value is -1.37. The Labute approximate surface area is 141 Å². The molecule has 0 saturated heterocycles. The molecule has 1 aliphatic heterocycles. The zero-order chi connectivity index (χ0) is 17.2. The second-order valence-electron chi connectivity index (χ2n) is 5.87. The van der Waals surface area contributed by atoms with Crippen LogP contribution in [0.2, 0.25) is 13.3 Å². The summed E-state index contributed by atoms with van der Waals surface area (Å²) in [5, 5.41) is 0. The number of nitrogens with zero attached hydrogens (tertiary/aromatic N) is 1. The van der Waals surface area contributed by atoms with Gasteiger partial charge in [0.2, 0.25) is 0 Å². The Bertz CT molecular complexity index is 596. The Morgan fingerprint density at radius 1 is 1.04 bits per heavy atom. The molecule has 5 nitrogen and oxygen atoms in total. The van der Waals surface area contributed by atoms with Gasteiger partial charge in [0.05, 0.1) is 0 Å². The third-order valence-corrected chi connectivity index (χ3v) is 17.6. The van der Waals surface area contributed by atoms with Crippen LogP contribution in [0.5, 0.6) is 0 Å². The Kier molecular flexibility index (Phi) is 5.49. The van der Waals surface area contributed by atoms with Crippen molar-refractivity contribution in [3.63, 3.8) is 0 Å². The van der Waals surface area contributed by atoms with Crippen molar-refractivity contribution in [2.75, 3.05) is 0 Å². The van der Waals surface area contributed by atoms with Gasteiger partial charge in [-0.15, -0.1) is 0 Å². The number of benzene rings is 1. The SMILES string of the molecule is C[CH2][Sn]([CH2]C)([CH2]C)[O]C(=O)C(C)N1C(=O)c2ccccc2C1=O. The molecule has 2 amide bonds. The number of carbonyl (C=O) groups excluding carboxylic acids is 3. The van der Waals surface area contributed by atoms with Crippen LogP contribution in [0.4, 0.5) is 0 Å². The normalized spacial score (nSPS) is 15.6. The van der Waals surface area contributed by atoms with Gasteiger partial charge in [-0.3, -0.25) is 0 Å². The predicted octanol–water partition coefficient (Wildman–Crippen LogP) is 3.22. The summed E-state index contributed by atoms with van der Waals surface area (Å²) in [6, 6.07) is 5.76. The van der Waals surface area contributed by atoms with E-state index in [1.807, 2.05) is 0 Å². The molecule has 0 bridgehead atoms. The fourth-order valence-electron chi connectivity index (χ4n) is 2.93. The maximum absolute atomic E-state index is 12.5. The van der Waals surface area contributed by atoms with Crippen LogP contribution in [0.15, 0.2) is 24.3 Å². The molecular formula is C17H23NO4Sn. The molecule has 1 unspecified atom stereocenters. The van der Waals surface area contributed by atoms with E-state index in [1.54, 1.807) is 31.2 Å². The first-order valence-corrected chi connectivity index (χ1v) is 15.3. The van der Waals surface area contributed by atoms with Crippen molar-refractivity contribution in [2.45, 2.75) is 47.0 Å². The molecule has 6 heteroatoms. The molecule has 1 atom stereocenters. The monoisotopic (exact) mass is 425 g/mol. The van der Waals surface area contributed by atoms with Gasteiger partial charge in [0.1, 0.15) is 0 Å². The molecule has 1 heterocycles. The van der Waals surface area contributed by atoms with Crippen molar-refractivity contribution in [1.82, 2.24) is 4.90 Å². The van der Waals surface area contributed by atoms with Crippen LogP contribution in [0.3, 0.4) is 0 Å². The van der Waals surface area contributed by atoms with Crippen molar-refractivity contribution in [3.8, 4) is 0 Å². The first-order chi connectivity index (χ1) is 10.9. The van der Waals surface area contributed by atoms with Crippen LogP contribution in [-0.4, -0.2) is 47.5 Å². The first-order valence-electron chi connectivity index (χ1n) is 8.10. The molecule has 23 heavy (non-hydrogen) atoms. The van der Waals surface area contributed by atoms with E-state index >= 15 is 0 Å². The number of carbonyl (C=O) groups is 3.